The number of rotatable bonds is 3. The van der Waals surface area contributed by atoms with E-state index in [-0.39, 0.29) is 5.91 Å². The maximum atomic E-state index is 12.6. The van der Waals surface area contributed by atoms with Crippen molar-refractivity contribution in [3.8, 4) is 0 Å². The molecule has 2 aromatic heterocycles. The lowest BCUT2D eigenvalue weighted by atomic mass is 10.2. The number of amides is 1. The molecule has 1 unspecified atom stereocenters. The molecule has 1 amide bonds. The molecule has 2 fully saturated rings. The van der Waals surface area contributed by atoms with Gasteiger partial charge in [0.05, 0.1) is 5.56 Å². The third-order valence-corrected chi connectivity index (χ3v) is 5.39. The van der Waals surface area contributed by atoms with Crippen LogP contribution in [0.25, 0.3) is 0 Å². The highest BCUT2D eigenvalue weighted by molar-refractivity contribution is 5.94. The Morgan fingerprint density at radius 2 is 1.69 bits per heavy atom. The van der Waals surface area contributed by atoms with E-state index < -0.39 is 0 Å². The third kappa shape index (κ3) is 3.36. The number of piperazine rings is 1. The molecule has 2 saturated heterocycles. The van der Waals surface area contributed by atoms with Crippen molar-refractivity contribution in [2.45, 2.75) is 25.8 Å². The molecule has 1 atom stereocenters. The first-order chi connectivity index (χ1) is 12.7. The number of carbonyl (C=O) groups is 1. The van der Waals surface area contributed by atoms with Crippen molar-refractivity contribution in [2.75, 3.05) is 42.5 Å². The summed E-state index contributed by atoms with van der Waals surface area (Å²) >= 11 is 0. The summed E-state index contributed by atoms with van der Waals surface area (Å²) < 4.78 is 0. The second-order valence-electron chi connectivity index (χ2n) is 7.06. The zero-order valence-corrected chi connectivity index (χ0v) is 15.2. The van der Waals surface area contributed by atoms with E-state index in [9.17, 15) is 4.79 Å². The normalized spacial score (nSPS) is 20.5. The van der Waals surface area contributed by atoms with Gasteiger partial charge in [0.2, 0.25) is 0 Å². The summed E-state index contributed by atoms with van der Waals surface area (Å²) in [5, 5.41) is 0. The first kappa shape index (κ1) is 16.8. The Labute approximate surface area is 154 Å². The number of aromatic nitrogens is 2. The predicted octanol–water partition coefficient (Wildman–Crippen LogP) is 2.43. The van der Waals surface area contributed by atoms with Gasteiger partial charge < -0.3 is 14.7 Å². The molecule has 0 aliphatic carbocycles. The molecule has 2 aromatic rings. The minimum absolute atomic E-state index is 0.106. The van der Waals surface area contributed by atoms with Gasteiger partial charge in [0.25, 0.3) is 5.91 Å². The fourth-order valence-electron chi connectivity index (χ4n) is 3.81. The maximum Gasteiger partial charge on any atom is 0.255 e. The van der Waals surface area contributed by atoms with Gasteiger partial charge >= 0.3 is 0 Å². The van der Waals surface area contributed by atoms with Gasteiger partial charge in [0.1, 0.15) is 11.6 Å². The Hall–Kier alpha value is -2.63. The van der Waals surface area contributed by atoms with Gasteiger partial charge in [-0.2, -0.15) is 0 Å². The monoisotopic (exact) mass is 351 g/mol. The van der Waals surface area contributed by atoms with E-state index in [1.165, 1.54) is 0 Å². The van der Waals surface area contributed by atoms with Crippen LogP contribution in [-0.2, 0) is 0 Å². The molecular formula is C20H25N5O. The van der Waals surface area contributed by atoms with Gasteiger partial charge in [0.15, 0.2) is 0 Å². The van der Waals surface area contributed by atoms with Crippen LogP contribution in [0.5, 0.6) is 0 Å². The van der Waals surface area contributed by atoms with Crippen LogP contribution in [0.1, 0.15) is 30.1 Å². The van der Waals surface area contributed by atoms with E-state index in [0.717, 1.165) is 57.2 Å². The van der Waals surface area contributed by atoms with Crippen molar-refractivity contribution in [2.24, 2.45) is 0 Å². The molecule has 0 saturated carbocycles. The van der Waals surface area contributed by atoms with Crippen molar-refractivity contribution in [1.29, 1.82) is 0 Å². The second-order valence-corrected chi connectivity index (χ2v) is 7.06. The lowest BCUT2D eigenvalue weighted by molar-refractivity contribution is 0.0747. The molecule has 2 aliphatic rings. The Morgan fingerprint density at radius 1 is 0.962 bits per heavy atom. The number of hydrogen-bond donors (Lipinski definition) is 0. The zero-order valence-electron chi connectivity index (χ0n) is 15.2. The molecular weight excluding hydrogens is 326 g/mol. The summed E-state index contributed by atoms with van der Waals surface area (Å²) in [7, 11) is 0. The van der Waals surface area contributed by atoms with Gasteiger partial charge in [-0.3, -0.25) is 4.79 Å². The molecule has 4 rings (SSSR count). The maximum absolute atomic E-state index is 12.6. The lowest BCUT2D eigenvalue weighted by Crippen LogP contribution is -2.47. The highest BCUT2D eigenvalue weighted by atomic mass is 16.2. The van der Waals surface area contributed by atoms with Crippen LogP contribution >= 0.6 is 0 Å². The average Bonchev–Trinajstić information content (AvgIpc) is 3.14. The van der Waals surface area contributed by atoms with Crippen LogP contribution < -0.4 is 9.80 Å². The van der Waals surface area contributed by atoms with Gasteiger partial charge in [-0.1, -0.05) is 6.07 Å². The Balaban J connectivity index is 1.38. The highest BCUT2D eigenvalue weighted by Gasteiger charge is 2.26. The predicted molar refractivity (Wildman–Crippen MR) is 103 cm³/mol. The molecule has 26 heavy (non-hydrogen) atoms. The lowest BCUT2D eigenvalue weighted by Gasteiger charge is -2.36. The van der Waals surface area contributed by atoms with Crippen LogP contribution in [0.3, 0.4) is 0 Å². The van der Waals surface area contributed by atoms with E-state index >= 15 is 0 Å². The number of carbonyl (C=O) groups excluding carboxylic acids is 1. The Kier molecular flexibility index (Phi) is 4.73. The SMILES string of the molecule is CC1CCCN1C(=O)c1ccc(N2CCN(c3ccccn3)CC2)nc1. The first-order valence-electron chi connectivity index (χ1n) is 9.40. The van der Waals surface area contributed by atoms with Gasteiger partial charge in [-0.05, 0) is 44.0 Å². The van der Waals surface area contributed by atoms with Crippen LogP contribution in [0.15, 0.2) is 42.7 Å². The molecule has 4 heterocycles. The summed E-state index contributed by atoms with van der Waals surface area (Å²) in [5.74, 6) is 2.08. The van der Waals surface area contributed by atoms with Gasteiger partial charge in [-0.25, -0.2) is 9.97 Å². The molecule has 2 aliphatic heterocycles. The van der Waals surface area contributed by atoms with Crippen molar-refractivity contribution in [3.05, 3.63) is 48.3 Å². The number of likely N-dealkylation sites (tertiary alicyclic amines) is 1. The minimum Gasteiger partial charge on any atom is -0.353 e. The fraction of sp³-hybridized carbons (Fsp3) is 0.450. The Bertz CT molecular complexity index is 741. The number of pyridine rings is 2. The first-order valence-corrected chi connectivity index (χ1v) is 9.40. The quantitative estimate of drug-likeness (QED) is 0.850. The molecule has 0 radical (unpaired) electrons. The van der Waals surface area contributed by atoms with Gasteiger partial charge in [0, 0.05) is 51.2 Å². The van der Waals surface area contributed by atoms with Gasteiger partial charge in [-0.15, -0.1) is 0 Å². The molecule has 0 spiro atoms. The summed E-state index contributed by atoms with van der Waals surface area (Å²) in [6, 6.07) is 10.2. The topological polar surface area (TPSA) is 52.6 Å². The van der Waals surface area contributed by atoms with Crippen LogP contribution in [0, 0.1) is 0 Å². The van der Waals surface area contributed by atoms with Crippen LogP contribution in [0.4, 0.5) is 11.6 Å². The smallest absolute Gasteiger partial charge is 0.255 e. The summed E-state index contributed by atoms with van der Waals surface area (Å²) in [6.45, 7) is 6.63. The molecule has 6 nitrogen and oxygen atoms in total. The fourth-order valence-corrected chi connectivity index (χ4v) is 3.81. The van der Waals surface area contributed by atoms with Crippen molar-refractivity contribution in [3.63, 3.8) is 0 Å². The third-order valence-electron chi connectivity index (χ3n) is 5.39. The Morgan fingerprint density at radius 3 is 2.23 bits per heavy atom. The molecule has 6 heteroatoms. The van der Waals surface area contributed by atoms with Crippen molar-refractivity contribution >= 4 is 17.5 Å². The molecule has 0 aromatic carbocycles. The highest BCUT2D eigenvalue weighted by Crippen LogP contribution is 2.21. The van der Waals surface area contributed by atoms with Crippen LogP contribution in [0.2, 0.25) is 0 Å². The minimum atomic E-state index is 0.106. The molecule has 0 N–H and O–H groups in total. The van der Waals surface area contributed by atoms with E-state index in [2.05, 4.69) is 26.7 Å². The summed E-state index contributed by atoms with van der Waals surface area (Å²) in [6.07, 6.45) is 5.75. The summed E-state index contributed by atoms with van der Waals surface area (Å²) in [4.78, 5) is 28.1. The second kappa shape index (κ2) is 7.32. The van der Waals surface area contributed by atoms with E-state index in [4.69, 9.17) is 0 Å². The molecule has 0 bridgehead atoms. The largest absolute Gasteiger partial charge is 0.353 e. The number of nitrogens with zero attached hydrogens (tertiary/aromatic N) is 5. The van der Waals surface area contributed by atoms with E-state index in [0.29, 0.717) is 11.6 Å². The average molecular weight is 351 g/mol. The van der Waals surface area contributed by atoms with Crippen molar-refractivity contribution < 1.29 is 4.79 Å². The zero-order chi connectivity index (χ0) is 17.9. The van der Waals surface area contributed by atoms with Crippen molar-refractivity contribution in [1.82, 2.24) is 14.9 Å². The number of hydrogen-bond acceptors (Lipinski definition) is 5. The summed E-state index contributed by atoms with van der Waals surface area (Å²) in [5.41, 5.74) is 0.689. The standard InChI is InChI=1S/C20H25N5O/c1-16-5-4-10-25(16)20(26)17-7-8-19(22-15-17)24-13-11-23(12-14-24)18-6-2-3-9-21-18/h2-3,6-9,15-16H,4-5,10-14H2,1H3. The van der Waals surface area contributed by atoms with E-state index in [1.807, 2.05) is 41.4 Å². The number of anilines is 2. The van der Waals surface area contributed by atoms with Crippen LogP contribution in [-0.4, -0.2) is 59.5 Å². The molecule has 136 valence electrons. The van der Waals surface area contributed by atoms with E-state index in [1.54, 1.807) is 6.20 Å².